The van der Waals surface area contributed by atoms with Crippen LogP contribution in [0.2, 0.25) is 0 Å². The van der Waals surface area contributed by atoms with Crippen molar-refractivity contribution in [2.24, 2.45) is 0 Å². The molecule has 0 aliphatic rings. The van der Waals surface area contributed by atoms with Crippen molar-refractivity contribution in [3.63, 3.8) is 0 Å². The number of carbonyl (C=O) groups is 2. The van der Waals surface area contributed by atoms with Gasteiger partial charge in [-0.05, 0) is 27.2 Å². The number of esters is 1. The Balaban J connectivity index is 2.42. The monoisotopic (exact) mass is 335 g/mol. The van der Waals surface area contributed by atoms with E-state index in [-0.39, 0.29) is 47.5 Å². The second-order valence-corrected chi connectivity index (χ2v) is 5.49. The zero-order valence-electron chi connectivity index (χ0n) is 14.2. The van der Waals surface area contributed by atoms with Crippen LogP contribution >= 0.6 is 0 Å². The number of nitrogens with one attached hydrogen (secondary N) is 1. The molecule has 2 aromatic rings. The highest BCUT2D eigenvalue weighted by molar-refractivity contribution is 6.03. The third-order valence-electron chi connectivity index (χ3n) is 3.67. The fourth-order valence-corrected chi connectivity index (χ4v) is 2.28. The van der Waals surface area contributed by atoms with Gasteiger partial charge in [-0.3, -0.25) is 14.2 Å². The van der Waals surface area contributed by atoms with Crippen molar-refractivity contribution < 1.29 is 18.7 Å². The summed E-state index contributed by atoms with van der Waals surface area (Å²) in [6, 6.07) is 0.0103. The molecule has 0 unspecified atom stereocenters. The predicted octanol–water partition coefficient (Wildman–Crippen LogP) is 1.39. The quantitative estimate of drug-likeness (QED) is 0.800. The van der Waals surface area contributed by atoms with E-state index in [2.05, 4.69) is 10.3 Å². The van der Waals surface area contributed by atoms with Gasteiger partial charge in [-0.15, -0.1) is 0 Å². The lowest BCUT2D eigenvalue weighted by Crippen LogP contribution is -2.37. The Morgan fingerprint density at radius 1 is 1.42 bits per heavy atom. The first-order valence-electron chi connectivity index (χ1n) is 7.84. The van der Waals surface area contributed by atoms with E-state index in [4.69, 9.17) is 9.15 Å². The number of hydrogen-bond acceptors (Lipinski definition) is 6. The number of carbonyl (C=O) groups excluding carboxylic acids is 2. The highest BCUT2D eigenvalue weighted by Gasteiger charge is 2.24. The van der Waals surface area contributed by atoms with E-state index in [9.17, 15) is 14.4 Å². The molecule has 1 N–H and O–H groups in total. The molecule has 8 heteroatoms. The summed E-state index contributed by atoms with van der Waals surface area (Å²) in [6.07, 6.45) is 2.02. The number of nitrogens with zero attached hydrogens (tertiary/aromatic N) is 2. The lowest BCUT2D eigenvalue weighted by atomic mass is 10.2. The van der Waals surface area contributed by atoms with E-state index in [0.717, 1.165) is 11.0 Å². The van der Waals surface area contributed by atoms with Gasteiger partial charge in [0.05, 0.1) is 6.61 Å². The van der Waals surface area contributed by atoms with Crippen LogP contribution in [0.25, 0.3) is 11.1 Å². The molecule has 0 radical (unpaired) electrons. The molecule has 0 bridgehead atoms. The molecule has 2 aromatic heterocycles. The van der Waals surface area contributed by atoms with Crippen molar-refractivity contribution in [1.82, 2.24) is 14.9 Å². The highest BCUT2D eigenvalue weighted by Crippen LogP contribution is 2.21. The molecule has 24 heavy (non-hydrogen) atoms. The van der Waals surface area contributed by atoms with Gasteiger partial charge in [-0.25, -0.2) is 9.78 Å². The standard InChI is InChI=1S/C16H21N3O5/c1-5-9(3)18-11(20)7-19-8-17-14-13(15(19)21)12(10(4)24-14)16(22)23-6-2/h8-9H,5-7H2,1-4H3,(H,18,20)/t9-/m0/s1. The highest BCUT2D eigenvalue weighted by atomic mass is 16.5. The van der Waals surface area contributed by atoms with Gasteiger partial charge >= 0.3 is 5.97 Å². The Labute approximate surface area is 138 Å². The Morgan fingerprint density at radius 3 is 2.75 bits per heavy atom. The van der Waals surface area contributed by atoms with Crippen molar-refractivity contribution in [1.29, 1.82) is 0 Å². The molecule has 0 aliphatic heterocycles. The van der Waals surface area contributed by atoms with Gasteiger partial charge in [0.2, 0.25) is 11.6 Å². The number of aryl methyl sites for hydroxylation is 1. The first-order chi connectivity index (χ1) is 11.4. The number of furan rings is 1. The first kappa shape index (κ1) is 17.7. The molecule has 1 amide bonds. The van der Waals surface area contributed by atoms with Crippen LogP contribution in [-0.4, -0.2) is 34.1 Å². The maximum atomic E-state index is 12.6. The Morgan fingerprint density at radius 2 is 2.12 bits per heavy atom. The van der Waals surface area contributed by atoms with Gasteiger partial charge < -0.3 is 14.5 Å². The summed E-state index contributed by atoms with van der Waals surface area (Å²) in [7, 11) is 0. The normalized spacial score (nSPS) is 12.2. The molecule has 2 rings (SSSR count). The van der Waals surface area contributed by atoms with E-state index in [1.807, 2.05) is 13.8 Å². The van der Waals surface area contributed by atoms with E-state index >= 15 is 0 Å². The number of rotatable bonds is 6. The summed E-state index contributed by atoms with van der Waals surface area (Å²) in [5.41, 5.74) is -0.403. The van der Waals surface area contributed by atoms with Crippen molar-refractivity contribution in [3.8, 4) is 0 Å². The Kier molecular flexibility index (Phi) is 5.38. The van der Waals surface area contributed by atoms with Crippen molar-refractivity contribution in [3.05, 3.63) is 28.0 Å². The van der Waals surface area contributed by atoms with Crippen LogP contribution in [0.3, 0.4) is 0 Å². The molecular weight excluding hydrogens is 314 g/mol. The van der Waals surface area contributed by atoms with Crippen LogP contribution in [0, 0.1) is 6.92 Å². The zero-order chi connectivity index (χ0) is 17.9. The van der Waals surface area contributed by atoms with Gasteiger partial charge in [0, 0.05) is 6.04 Å². The van der Waals surface area contributed by atoms with Crippen LogP contribution in [0.1, 0.15) is 43.3 Å². The number of amides is 1. The Hall–Kier alpha value is -2.64. The van der Waals surface area contributed by atoms with E-state index in [1.165, 1.54) is 6.33 Å². The molecule has 8 nitrogen and oxygen atoms in total. The number of hydrogen-bond donors (Lipinski definition) is 1. The van der Waals surface area contributed by atoms with Gasteiger partial charge in [-0.2, -0.15) is 0 Å². The number of ether oxygens (including phenoxy) is 1. The van der Waals surface area contributed by atoms with Gasteiger partial charge in [0.1, 0.15) is 29.6 Å². The molecule has 0 fully saturated rings. The summed E-state index contributed by atoms with van der Waals surface area (Å²) in [4.78, 5) is 40.7. The molecule has 0 saturated carbocycles. The van der Waals surface area contributed by atoms with E-state index < -0.39 is 11.5 Å². The van der Waals surface area contributed by atoms with E-state index in [0.29, 0.717) is 0 Å². The van der Waals surface area contributed by atoms with Gasteiger partial charge in [0.15, 0.2) is 0 Å². The van der Waals surface area contributed by atoms with Crippen LogP contribution in [0.15, 0.2) is 15.5 Å². The average molecular weight is 335 g/mol. The summed E-state index contributed by atoms with van der Waals surface area (Å²) >= 11 is 0. The number of aromatic nitrogens is 2. The van der Waals surface area contributed by atoms with Crippen LogP contribution in [-0.2, 0) is 16.1 Å². The summed E-state index contributed by atoms with van der Waals surface area (Å²) in [5, 5.41) is 2.81. The van der Waals surface area contributed by atoms with Crippen molar-refractivity contribution in [2.75, 3.05) is 6.61 Å². The topological polar surface area (TPSA) is 103 Å². The third kappa shape index (κ3) is 3.47. The van der Waals surface area contributed by atoms with Crippen molar-refractivity contribution >= 4 is 23.0 Å². The minimum Gasteiger partial charge on any atom is -0.462 e. The van der Waals surface area contributed by atoms with Crippen LogP contribution in [0.4, 0.5) is 0 Å². The van der Waals surface area contributed by atoms with Crippen LogP contribution in [0.5, 0.6) is 0 Å². The van der Waals surface area contributed by atoms with E-state index in [1.54, 1.807) is 13.8 Å². The molecular formula is C16H21N3O5. The summed E-state index contributed by atoms with van der Waals surface area (Å²) < 4.78 is 11.5. The zero-order valence-corrected chi connectivity index (χ0v) is 14.2. The molecule has 0 spiro atoms. The lowest BCUT2D eigenvalue weighted by Gasteiger charge is -2.12. The third-order valence-corrected chi connectivity index (χ3v) is 3.67. The Bertz CT molecular complexity index is 821. The maximum Gasteiger partial charge on any atom is 0.342 e. The molecule has 2 heterocycles. The molecule has 0 aliphatic carbocycles. The van der Waals surface area contributed by atoms with Gasteiger partial charge in [-0.1, -0.05) is 6.92 Å². The number of fused-ring (bicyclic) bond motifs is 1. The molecule has 0 aromatic carbocycles. The average Bonchev–Trinajstić information content (AvgIpc) is 2.87. The minimum atomic E-state index is -0.644. The van der Waals surface area contributed by atoms with Crippen molar-refractivity contribution in [2.45, 2.75) is 46.7 Å². The maximum absolute atomic E-state index is 12.6. The van der Waals surface area contributed by atoms with Gasteiger partial charge in [0.25, 0.3) is 5.56 Å². The first-order valence-corrected chi connectivity index (χ1v) is 7.84. The second-order valence-electron chi connectivity index (χ2n) is 5.49. The molecule has 0 saturated heterocycles. The predicted molar refractivity (Wildman–Crippen MR) is 86.9 cm³/mol. The SMILES string of the molecule is CCOC(=O)c1c(C)oc2ncn(CC(=O)N[C@@H](C)CC)c(=O)c12. The summed E-state index contributed by atoms with van der Waals surface area (Å²) in [6.45, 7) is 7.05. The lowest BCUT2D eigenvalue weighted by molar-refractivity contribution is -0.122. The fourth-order valence-electron chi connectivity index (χ4n) is 2.28. The largest absolute Gasteiger partial charge is 0.462 e. The van der Waals surface area contributed by atoms with Crippen LogP contribution < -0.4 is 10.9 Å². The molecule has 130 valence electrons. The minimum absolute atomic E-state index is 0.0103. The smallest absolute Gasteiger partial charge is 0.342 e. The molecule has 1 atom stereocenters. The fraction of sp³-hybridized carbons (Fsp3) is 0.500. The second kappa shape index (κ2) is 7.29. The summed E-state index contributed by atoms with van der Waals surface area (Å²) in [5.74, 6) is -0.685.